The normalized spacial score (nSPS) is 13.0. The Bertz CT molecular complexity index is 3910. The number of aryl methyl sites for hydroxylation is 2. The maximum absolute atomic E-state index is 2.52. The van der Waals surface area contributed by atoms with E-state index in [2.05, 4.69) is 426 Å². The van der Waals surface area contributed by atoms with Crippen molar-refractivity contribution in [1.29, 1.82) is 0 Å². The number of aromatic nitrogens is 2. The van der Waals surface area contributed by atoms with E-state index in [0.717, 1.165) is 0 Å². The molecule has 0 aliphatic carbocycles. The summed E-state index contributed by atoms with van der Waals surface area (Å²) in [5.41, 5.74) is 30.2. The zero-order chi connectivity index (χ0) is 74.9. The highest BCUT2D eigenvalue weighted by atomic mass is 35.5. The van der Waals surface area contributed by atoms with Crippen LogP contribution in [0.1, 0.15) is 312 Å². The zero-order valence-electron chi connectivity index (χ0n) is 68.1. The van der Waals surface area contributed by atoms with Gasteiger partial charge in [0.05, 0.1) is 0 Å². The summed E-state index contributed by atoms with van der Waals surface area (Å²) in [6, 6.07) is 87.0. The van der Waals surface area contributed by atoms with Gasteiger partial charge in [-0.3, -0.25) is 0 Å². The molecule has 2 nitrogen and oxygen atoms in total. The van der Waals surface area contributed by atoms with E-state index in [4.69, 9.17) is 0 Å². The third kappa shape index (κ3) is 17.1. The second-order valence-electron chi connectivity index (χ2n) is 38.5. The van der Waals surface area contributed by atoms with Gasteiger partial charge in [-0.1, -0.05) is 396 Å². The first-order valence-electron chi connectivity index (χ1n) is 38.2. The number of rotatable bonds is 14. The summed E-state index contributed by atoms with van der Waals surface area (Å²) in [6.45, 7) is 60.4. The summed E-state index contributed by atoms with van der Waals surface area (Å²) < 4.78 is 5.04. The number of benzene rings is 10. The van der Waals surface area contributed by atoms with Crippen molar-refractivity contribution < 1.29 is 17.0 Å². The van der Waals surface area contributed by atoms with E-state index in [1.54, 1.807) is 0 Å². The molecule has 10 aromatic carbocycles. The maximum Gasteiger partial charge on any atom is 0.254 e. The lowest BCUT2D eigenvalue weighted by Crippen LogP contribution is -3.00. The van der Waals surface area contributed by atoms with E-state index in [-0.39, 0.29) is 79.4 Å². The van der Waals surface area contributed by atoms with Crippen LogP contribution in [0, 0.1) is 13.8 Å². The molecule has 1 heterocycles. The summed E-state index contributed by atoms with van der Waals surface area (Å²) in [5.74, 6) is -0.618. The molecule has 0 N–H and O–H groups in total. The van der Waals surface area contributed by atoms with Crippen molar-refractivity contribution in [3.8, 4) is 11.4 Å². The fraction of sp³-hybridized carbons (Fsp3) is 0.376. The summed E-state index contributed by atoms with van der Waals surface area (Å²) >= 11 is 0. The smallest absolute Gasteiger partial charge is 0.254 e. The predicted molar refractivity (Wildman–Crippen MR) is 442 cm³/mol. The van der Waals surface area contributed by atoms with Crippen molar-refractivity contribution in [1.82, 2.24) is 4.57 Å². The highest BCUT2D eigenvalue weighted by Gasteiger charge is 2.36. The first-order valence-corrected chi connectivity index (χ1v) is 38.2. The Hall–Kier alpha value is -8.30. The van der Waals surface area contributed by atoms with Crippen LogP contribution in [0.25, 0.3) is 11.4 Å². The van der Waals surface area contributed by atoms with Gasteiger partial charge >= 0.3 is 0 Å². The van der Waals surface area contributed by atoms with Gasteiger partial charge in [0.25, 0.3) is 6.33 Å². The van der Waals surface area contributed by atoms with Crippen LogP contribution in [-0.4, -0.2) is 4.57 Å². The Balaban J connectivity index is 0.0000116. The van der Waals surface area contributed by atoms with Gasteiger partial charge in [0.15, 0.2) is 0 Å². The minimum absolute atomic E-state index is 0. The Morgan fingerprint density at radius 2 is 0.404 bits per heavy atom. The highest BCUT2D eigenvalue weighted by Crippen LogP contribution is 2.48. The third-order valence-electron chi connectivity index (χ3n) is 21.9. The molecule has 0 fully saturated rings. The Kier molecular flexibility index (Phi) is 22.0. The number of hydrogen-bond acceptors (Lipinski definition) is 0. The van der Waals surface area contributed by atoms with Gasteiger partial charge < -0.3 is 12.4 Å². The van der Waals surface area contributed by atoms with Crippen LogP contribution in [0.2, 0.25) is 0 Å². The van der Waals surface area contributed by atoms with Crippen LogP contribution in [-0.2, 0) is 43.3 Å². The van der Waals surface area contributed by atoms with E-state index in [0.29, 0.717) is 0 Å². The topological polar surface area (TPSA) is 8.81 Å². The fourth-order valence-corrected chi connectivity index (χ4v) is 15.4. The Morgan fingerprint density at radius 1 is 0.240 bits per heavy atom. The molecule has 0 unspecified atom stereocenters. The van der Waals surface area contributed by atoms with Gasteiger partial charge in [-0.2, -0.15) is 0 Å². The van der Waals surface area contributed by atoms with Crippen molar-refractivity contribution in [2.75, 3.05) is 0 Å². The molecule has 1 aromatic heterocycles. The second-order valence-corrected chi connectivity index (χ2v) is 38.5. The molecular weight excluding hydrogens is 1280 g/mol. The van der Waals surface area contributed by atoms with Gasteiger partial charge in [0.1, 0.15) is 23.8 Å². The van der Waals surface area contributed by atoms with Crippen molar-refractivity contribution in [3.05, 3.63) is 360 Å². The lowest BCUT2D eigenvalue weighted by molar-refractivity contribution is -0.595. The second kappa shape index (κ2) is 29.2. The van der Waals surface area contributed by atoms with E-state index >= 15 is 0 Å². The van der Waals surface area contributed by atoms with Crippen LogP contribution in [0.15, 0.2) is 237 Å². The molecule has 0 saturated carbocycles. The van der Waals surface area contributed by atoms with Crippen LogP contribution < -0.4 is 17.0 Å². The molecule has 0 radical (unpaired) electrons. The van der Waals surface area contributed by atoms with E-state index in [9.17, 15) is 0 Å². The molecule has 104 heavy (non-hydrogen) atoms. The minimum atomic E-state index is -0.154. The average Bonchev–Trinajstić information content (AvgIpc) is 1.28. The quantitative estimate of drug-likeness (QED) is 0.0758. The Morgan fingerprint density at radius 3 is 0.577 bits per heavy atom. The molecule has 0 aliphatic heterocycles. The van der Waals surface area contributed by atoms with E-state index in [1.165, 1.54) is 134 Å². The van der Waals surface area contributed by atoms with Crippen LogP contribution in [0.5, 0.6) is 0 Å². The predicted octanol–water partition coefficient (Wildman–Crippen LogP) is 23.5. The van der Waals surface area contributed by atoms with Gasteiger partial charge in [-0.05, 0) is 146 Å². The van der Waals surface area contributed by atoms with E-state index < -0.39 is 0 Å². The lowest BCUT2D eigenvalue weighted by atomic mass is 9.76. The molecule has 0 spiro atoms. The average molecular weight is 1400 g/mol. The monoisotopic (exact) mass is 1400 g/mol. The fourth-order valence-electron chi connectivity index (χ4n) is 15.4. The van der Waals surface area contributed by atoms with Crippen molar-refractivity contribution in [2.45, 2.75) is 247 Å². The molecule has 0 amide bonds. The highest BCUT2D eigenvalue weighted by molar-refractivity contribution is 5.65. The molecule has 11 aromatic rings. The summed E-state index contributed by atoms with van der Waals surface area (Å²) in [4.78, 5) is 0. The largest absolute Gasteiger partial charge is 1.00 e. The van der Waals surface area contributed by atoms with E-state index in [1.807, 2.05) is 0 Å². The van der Waals surface area contributed by atoms with Gasteiger partial charge in [0, 0.05) is 45.9 Å². The molecule has 0 aliphatic rings. The zero-order valence-corrected chi connectivity index (χ0v) is 68.9. The number of halogens is 1. The van der Waals surface area contributed by atoms with Crippen molar-refractivity contribution in [2.24, 2.45) is 0 Å². The van der Waals surface area contributed by atoms with Crippen LogP contribution >= 0.6 is 0 Å². The molecule has 542 valence electrons. The molecule has 3 heteroatoms. The first-order chi connectivity index (χ1) is 47.9. The van der Waals surface area contributed by atoms with Gasteiger partial charge in [0.2, 0.25) is 0 Å². The van der Waals surface area contributed by atoms with Gasteiger partial charge in [-0.25, -0.2) is 9.13 Å². The van der Waals surface area contributed by atoms with Gasteiger partial charge in [-0.15, -0.1) is 0 Å². The SMILES string of the molecule is Cc1cc(C(c2ccc(C(C)(C)C)cc2)c2ccc(C(C)(C)C)cc2)c(-n2cc[n+](-c3c(C(c4ccc(C(C)(C)C)cc4)c4ccc(C(C)(C)C)cc4)cc(C)cc3C(c3ccc(C(C)(C)C)cc3)c3ccc(C(C)(C)C)cc3)c2)c(C(c2ccc(C(C)(C)C)cc2)c2ccc(C(C)(C)C)cc2)c1.[Cl-]. The van der Waals surface area contributed by atoms with Crippen LogP contribution in [0.4, 0.5) is 0 Å². The maximum atomic E-state index is 2.52. The molecule has 0 bridgehead atoms. The summed E-state index contributed by atoms with van der Waals surface area (Å²) in [7, 11) is 0. The van der Waals surface area contributed by atoms with Crippen molar-refractivity contribution in [3.63, 3.8) is 0 Å². The number of imidazole rings is 1. The first kappa shape index (κ1) is 78.3. The third-order valence-corrected chi connectivity index (χ3v) is 21.9. The molecule has 11 rings (SSSR count). The molecule has 0 saturated heterocycles. The number of hydrogen-bond donors (Lipinski definition) is 0. The molecule has 0 atom stereocenters. The van der Waals surface area contributed by atoms with Crippen LogP contribution in [0.3, 0.4) is 0 Å². The van der Waals surface area contributed by atoms with Crippen molar-refractivity contribution >= 4 is 0 Å². The standard InChI is InChI=1S/C101H121N2.ClH/c1-66-61-84(88(68-27-43-76(44-28-68)94(3,4)5)69-29-45-77(46-30-69)95(6,7)8)92(85(62-66)89(70-31-47-78(48-32-70)96(9,10)11)71-33-49-79(50-34-71)97(12,13)14)102-59-60-103(65-102)93-86(90(72-35-51-80(52-36-72)98(15,16)17)73-37-53-81(54-38-73)99(18,19)20)63-67(2)64-87(93)91(74-39-55-82(56-40-74)100(21,22)23)75-41-57-83(58-42-75)101(24,25)26;/h27-65,88-91H,1-26H3;1H/q+1;/p-1. The minimum Gasteiger partial charge on any atom is -1.00 e. The lowest BCUT2D eigenvalue weighted by Gasteiger charge is -2.29. The summed E-state index contributed by atoms with van der Waals surface area (Å²) in [5, 5.41) is 0. The Labute approximate surface area is 635 Å². The number of nitrogens with zero attached hydrogens (tertiary/aromatic N) is 2. The molecular formula is C101H121ClN2. The summed E-state index contributed by atoms with van der Waals surface area (Å²) in [6.07, 6.45) is 7.21.